The Morgan fingerprint density at radius 3 is 2.54 bits per heavy atom. The Labute approximate surface area is 144 Å². The van der Waals surface area contributed by atoms with E-state index in [-0.39, 0.29) is 6.10 Å². The molecule has 0 unspecified atom stereocenters. The number of hydrogen-bond acceptors (Lipinski definition) is 5. The van der Waals surface area contributed by atoms with Crippen LogP contribution >= 0.6 is 0 Å². The molecular weight excluding hydrogens is 300 g/mol. The van der Waals surface area contributed by atoms with Gasteiger partial charge in [0.05, 0.1) is 11.8 Å². The lowest BCUT2D eigenvalue weighted by Gasteiger charge is -2.21. The van der Waals surface area contributed by atoms with Gasteiger partial charge in [-0.3, -0.25) is 0 Å². The quantitative estimate of drug-likeness (QED) is 0.883. The van der Waals surface area contributed by atoms with Crippen molar-refractivity contribution in [2.24, 2.45) is 0 Å². The topological polar surface area (TPSA) is 50.3 Å². The van der Waals surface area contributed by atoms with Crippen LogP contribution in [0.2, 0.25) is 0 Å². The van der Waals surface area contributed by atoms with Crippen LogP contribution in [0.15, 0.2) is 36.5 Å². The van der Waals surface area contributed by atoms with E-state index in [1.807, 2.05) is 50.4 Å². The number of para-hydroxylation sites is 2. The zero-order valence-electron chi connectivity index (χ0n) is 14.5. The summed E-state index contributed by atoms with van der Waals surface area (Å²) in [5, 5.41) is 3.30. The maximum atomic E-state index is 5.85. The lowest BCUT2D eigenvalue weighted by atomic mass is 10.2. The summed E-state index contributed by atoms with van der Waals surface area (Å²) in [6.07, 6.45) is 7.04. The van der Waals surface area contributed by atoms with Crippen LogP contribution in [0.5, 0.6) is 5.75 Å². The van der Waals surface area contributed by atoms with Crippen LogP contribution in [0.3, 0.4) is 0 Å². The standard InChI is InChI=1S/C19H26N4O/c1-15(2)24-17-10-6-5-9-16(17)21-19-20-12-11-18(22-19)23-13-7-3-4-8-14-23/h5-6,9-12,15H,3-4,7-8,13-14H2,1-2H3,(H,20,21,22). The molecular formula is C19H26N4O. The van der Waals surface area contributed by atoms with Crippen molar-refractivity contribution < 1.29 is 4.74 Å². The lowest BCUT2D eigenvalue weighted by Crippen LogP contribution is -2.25. The van der Waals surface area contributed by atoms with Gasteiger partial charge in [-0.15, -0.1) is 0 Å². The fourth-order valence-corrected chi connectivity index (χ4v) is 2.93. The summed E-state index contributed by atoms with van der Waals surface area (Å²) >= 11 is 0. The molecule has 0 aliphatic carbocycles. The van der Waals surface area contributed by atoms with Gasteiger partial charge in [-0.1, -0.05) is 25.0 Å². The van der Waals surface area contributed by atoms with Crippen LogP contribution in [-0.4, -0.2) is 29.2 Å². The van der Waals surface area contributed by atoms with Crippen molar-refractivity contribution in [3.05, 3.63) is 36.5 Å². The predicted molar refractivity (Wildman–Crippen MR) is 98.2 cm³/mol. The molecule has 1 aromatic carbocycles. The first-order valence-electron chi connectivity index (χ1n) is 8.83. The Morgan fingerprint density at radius 2 is 1.79 bits per heavy atom. The SMILES string of the molecule is CC(C)Oc1ccccc1Nc1nccc(N2CCCCCC2)n1. The molecule has 0 saturated carbocycles. The Hall–Kier alpha value is -2.30. The van der Waals surface area contributed by atoms with E-state index in [1.54, 1.807) is 0 Å². The highest BCUT2D eigenvalue weighted by atomic mass is 16.5. The maximum absolute atomic E-state index is 5.85. The number of ether oxygens (including phenoxy) is 1. The maximum Gasteiger partial charge on any atom is 0.229 e. The van der Waals surface area contributed by atoms with Crippen LogP contribution in [0.4, 0.5) is 17.5 Å². The first-order chi connectivity index (χ1) is 11.7. The van der Waals surface area contributed by atoms with Gasteiger partial charge in [-0.25, -0.2) is 4.98 Å². The second-order valence-corrected chi connectivity index (χ2v) is 6.43. The fourth-order valence-electron chi connectivity index (χ4n) is 2.93. The minimum Gasteiger partial charge on any atom is -0.489 e. The third-order valence-corrected chi connectivity index (χ3v) is 4.07. The zero-order valence-corrected chi connectivity index (χ0v) is 14.5. The molecule has 0 bridgehead atoms. The molecule has 128 valence electrons. The highest BCUT2D eigenvalue weighted by Gasteiger charge is 2.13. The van der Waals surface area contributed by atoms with E-state index in [1.165, 1.54) is 25.7 Å². The van der Waals surface area contributed by atoms with Crippen LogP contribution < -0.4 is 15.0 Å². The molecule has 1 aromatic heterocycles. The highest BCUT2D eigenvalue weighted by Crippen LogP contribution is 2.27. The normalized spacial score (nSPS) is 15.2. The van der Waals surface area contributed by atoms with Gasteiger partial charge in [0.15, 0.2) is 0 Å². The van der Waals surface area contributed by atoms with Gasteiger partial charge in [0.1, 0.15) is 11.6 Å². The molecule has 2 aromatic rings. The monoisotopic (exact) mass is 326 g/mol. The van der Waals surface area contributed by atoms with Gasteiger partial charge < -0.3 is 15.0 Å². The van der Waals surface area contributed by atoms with Crippen molar-refractivity contribution in [2.75, 3.05) is 23.3 Å². The molecule has 1 aliphatic rings. The van der Waals surface area contributed by atoms with E-state index < -0.39 is 0 Å². The van der Waals surface area contributed by atoms with E-state index in [4.69, 9.17) is 9.72 Å². The third-order valence-electron chi connectivity index (χ3n) is 4.07. The summed E-state index contributed by atoms with van der Waals surface area (Å²) in [4.78, 5) is 11.4. The predicted octanol–water partition coefficient (Wildman–Crippen LogP) is 4.39. The number of hydrogen-bond donors (Lipinski definition) is 1. The second-order valence-electron chi connectivity index (χ2n) is 6.43. The van der Waals surface area contributed by atoms with Crippen molar-refractivity contribution in [1.82, 2.24) is 9.97 Å². The van der Waals surface area contributed by atoms with Gasteiger partial charge in [0, 0.05) is 19.3 Å². The number of anilines is 3. The number of benzene rings is 1. The molecule has 2 heterocycles. The molecule has 1 fully saturated rings. The molecule has 5 heteroatoms. The van der Waals surface area contributed by atoms with Gasteiger partial charge in [-0.05, 0) is 44.9 Å². The summed E-state index contributed by atoms with van der Waals surface area (Å²) in [7, 11) is 0. The number of nitrogens with zero attached hydrogens (tertiary/aromatic N) is 3. The molecule has 0 spiro atoms. The van der Waals surface area contributed by atoms with Crippen LogP contribution in [0, 0.1) is 0 Å². The van der Waals surface area contributed by atoms with E-state index in [0.29, 0.717) is 5.95 Å². The van der Waals surface area contributed by atoms with Crippen molar-refractivity contribution >= 4 is 17.5 Å². The third kappa shape index (κ3) is 4.37. The molecule has 1 saturated heterocycles. The summed E-state index contributed by atoms with van der Waals surface area (Å²) in [6, 6.07) is 9.89. The number of rotatable bonds is 5. The smallest absolute Gasteiger partial charge is 0.229 e. The van der Waals surface area contributed by atoms with Gasteiger partial charge in [0.2, 0.25) is 5.95 Å². The van der Waals surface area contributed by atoms with Gasteiger partial charge >= 0.3 is 0 Å². The largest absolute Gasteiger partial charge is 0.489 e. The van der Waals surface area contributed by atoms with Crippen molar-refractivity contribution in [1.29, 1.82) is 0 Å². The summed E-state index contributed by atoms with van der Waals surface area (Å²) in [6.45, 7) is 6.19. The number of aromatic nitrogens is 2. The van der Waals surface area contributed by atoms with E-state index >= 15 is 0 Å². The molecule has 1 aliphatic heterocycles. The van der Waals surface area contributed by atoms with E-state index in [0.717, 1.165) is 30.3 Å². The van der Waals surface area contributed by atoms with Crippen LogP contribution in [0.25, 0.3) is 0 Å². The van der Waals surface area contributed by atoms with E-state index in [9.17, 15) is 0 Å². The number of nitrogens with one attached hydrogen (secondary N) is 1. The molecule has 1 N–H and O–H groups in total. The Kier molecular flexibility index (Phi) is 5.51. The first-order valence-corrected chi connectivity index (χ1v) is 8.83. The lowest BCUT2D eigenvalue weighted by molar-refractivity contribution is 0.244. The summed E-state index contributed by atoms with van der Waals surface area (Å²) in [5.41, 5.74) is 0.888. The Balaban J connectivity index is 1.77. The average molecular weight is 326 g/mol. The molecule has 24 heavy (non-hydrogen) atoms. The Morgan fingerprint density at radius 1 is 1.04 bits per heavy atom. The van der Waals surface area contributed by atoms with Crippen LogP contribution in [-0.2, 0) is 0 Å². The Bertz CT molecular complexity index is 651. The van der Waals surface area contributed by atoms with E-state index in [2.05, 4.69) is 15.2 Å². The average Bonchev–Trinajstić information content (AvgIpc) is 2.86. The van der Waals surface area contributed by atoms with Crippen molar-refractivity contribution in [3.63, 3.8) is 0 Å². The van der Waals surface area contributed by atoms with Gasteiger partial charge in [-0.2, -0.15) is 4.98 Å². The fraction of sp³-hybridized carbons (Fsp3) is 0.474. The molecule has 0 amide bonds. The highest BCUT2D eigenvalue weighted by molar-refractivity contribution is 5.63. The molecule has 5 nitrogen and oxygen atoms in total. The molecule has 0 atom stereocenters. The van der Waals surface area contributed by atoms with Crippen molar-refractivity contribution in [2.45, 2.75) is 45.6 Å². The second kappa shape index (κ2) is 7.99. The zero-order chi connectivity index (χ0) is 16.8. The molecule has 0 radical (unpaired) electrons. The minimum atomic E-state index is 0.123. The summed E-state index contributed by atoms with van der Waals surface area (Å²) in [5.74, 6) is 2.42. The summed E-state index contributed by atoms with van der Waals surface area (Å²) < 4.78 is 5.85. The van der Waals surface area contributed by atoms with Crippen molar-refractivity contribution in [3.8, 4) is 5.75 Å². The first kappa shape index (κ1) is 16.6. The molecule has 3 rings (SSSR count). The van der Waals surface area contributed by atoms with Gasteiger partial charge in [0.25, 0.3) is 0 Å². The minimum absolute atomic E-state index is 0.123. The van der Waals surface area contributed by atoms with Crippen LogP contribution in [0.1, 0.15) is 39.5 Å².